The number of hydrogen-bond donors (Lipinski definition) is 0. The van der Waals surface area contributed by atoms with Gasteiger partial charge in [-0.15, -0.1) is 0 Å². The highest BCUT2D eigenvalue weighted by Gasteiger charge is 2.38. The molecule has 0 radical (unpaired) electrons. The van der Waals surface area contributed by atoms with E-state index in [1.165, 1.54) is 71.2 Å². The van der Waals surface area contributed by atoms with Crippen molar-refractivity contribution < 1.29 is 4.42 Å². The summed E-state index contributed by atoms with van der Waals surface area (Å²) in [5, 5.41) is 9.55. The number of nitrogens with zero attached hydrogens (tertiary/aromatic N) is 2. The number of aromatic nitrogens is 1. The third-order valence-electron chi connectivity index (χ3n) is 14.8. The highest BCUT2D eigenvalue weighted by molar-refractivity contribution is 6.22. The first-order valence-electron chi connectivity index (χ1n) is 23.6. The molecule has 2 aromatic heterocycles. The molecule has 0 saturated carbocycles. The van der Waals surface area contributed by atoms with E-state index in [1.807, 2.05) is 0 Å². The van der Waals surface area contributed by atoms with Crippen LogP contribution in [0.15, 0.2) is 235 Å². The second kappa shape index (κ2) is 14.7. The number of para-hydroxylation sites is 3. The van der Waals surface area contributed by atoms with Crippen molar-refractivity contribution in [3.05, 3.63) is 242 Å². The summed E-state index contributed by atoms with van der Waals surface area (Å²) >= 11 is 0. The third-order valence-corrected chi connectivity index (χ3v) is 14.8. The summed E-state index contributed by atoms with van der Waals surface area (Å²) in [4.78, 5) is 2.50. The molecule has 2 heterocycles. The second-order valence-electron chi connectivity index (χ2n) is 18.8. The van der Waals surface area contributed by atoms with Gasteiger partial charge in [-0.1, -0.05) is 178 Å². The molecule has 0 bridgehead atoms. The van der Waals surface area contributed by atoms with Crippen LogP contribution in [0.5, 0.6) is 0 Å². The molecule has 13 aromatic rings. The average molecular weight is 869 g/mol. The van der Waals surface area contributed by atoms with Gasteiger partial charge < -0.3 is 13.9 Å². The molecule has 320 valence electrons. The van der Waals surface area contributed by atoms with Crippen molar-refractivity contribution in [1.82, 2.24) is 4.57 Å². The van der Waals surface area contributed by atoms with Crippen LogP contribution in [-0.4, -0.2) is 4.57 Å². The topological polar surface area (TPSA) is 21.3 Å². The van der Waals surface area contributed by atoms with Crippen LogP contribution < -0.4 is 4.90 Å². The first kappa shape index (κ1) is 38.6. The fraction of sp³-hybridized carbons (Fsp3) is 0.0462. The fourth-order valence-corrected chi connectivity index (χ4v) is 11.7. The maximum Gasteiger partial charge on any atom is 0.145 e. The smallest absolute Gasteiger partial charge is 0.145 e. The summed E-state index contributed by atoms with van der Waals surface area (Å²) in [5.41, 5.74) is 18.2. The van der Waals surface area contributed by atoms with Gasteiger partial charge >= 0.3 is 0 Å². The zero-order chi connectivity index (χ0) is 45.1. The predicted octanol–water partition coefficient (Wildman–Crippen LogP) is 18.1. The Labute approximate surface area is 394 Å². The van der Waals surface area contributed by atoms with Crippen molar-refractivity contribution in [3.63, 3.8) is 0 Å². The summed E-state index contributed by atoms with van der Waals surface area (Å²) in [6.45, 7) is 4.72. The zero-order valence-electron chi connectivity index (χ0n) is 37.7. The Morgan fingerprint density at radius 2 is 1.06 bits per heavy atom. The van der Waals surface area contributed by atoms with Crippen molar-refractivity contribution >= 4 is 82.4 Å². The maximum absolute atomic E-state index is 7.10. The number of anilines is 3. The zero-order valence-corrected chi connectivity index (χ0v) is 37.7. The molecular weight excluding hydrogens is 825 g/mol. The minimum atomic E-state index is -0.173. The standard InChI is InChI=1S/C65H44N2O/c1-65(2)54-28-13-10-24-50(54)62-55(65)29-17-32-58(62)67(44-36-34-41(35-37-44)46-27-16-31-57-61(46)51-25-11-14-30-56(51)66(57)43-19-4-3-5-20-43)59-39-38-49(64-63(59)52-26-12-15-33-60(52)68-64)53-40-42-18-6-7-21-45(42)47-22-8-9-23-48(47)53/h3-40H,1-2H3. The minimum absolute atomic E-state index is 0.173. The normalized spacial score (nSPS) is 13.0. The lowest BCUT2D eigenvalue weighted by atomic mass is 9.82. The lowest BCUT2D eigenvalue weighted by Crippen LogP contribution is -2.16. The summed E-state index contributed by atoms with van der Waals surface area (Å²) in [6.07, 6.45) is 0. The van der Waals surface area contributed by atoms with Crippen LogP contribution in [0.4, 0.5) is 17.1 Å². The van der Waals surface area contributed by atoms with Gasteiger partial charge in [0.25, 0.3) is 0 Å². The number of hydrogen-bond acceptors (Lipinski definition) is 2. The molecule has 0 unspecified atom stereocenters. The van der Waals surface area contributed by atoms with E-state index in [1.54, 1.807) is 0 Å². The van der Waals surface area contributed by atoms with E-state index >= 15 is 0 Å². The molecule has 0 spiro atoms. The third kappa shape index (κ3) is 5.53. The van der Waals surface area contributed by atoms with Gasteiger partial charge in [0.15, 0.2) is 0 Å². The van der Waals surface area contributed by atoms with E-state index in [0.29, 0.717) is 0 Å². The molecule has 1 aliphatic rings. The Balaban J connectivity index is 1.03. The van der Waals surface area contributed by atoms with Crippen molar-refractivity contribution in [1.29, 1.82) is 0 Å². The molecule has 0 saturated heterocycles. The molecule has 1 aliphatic carbocycles. The van der Waals surface area contributed by atoms with Crippen LogP contribution in [-0.2, 0) is 5.41 Å². The Bertz CT molecular complexity index is 4170. The van der Waals surface area contributed by atoms with Crippen molar-refractivity contribution in [2.45, 2.75) is 19.3 Å². The van der Waals surface area contributed by atoms with E-state index in [0.717, 1.165) is 61.4 Å². The van der Waals surface area contributed by atoms with Crippen LogP contribution in [0.3, 0.4) is 0 Å². The monoisotopic (exact) mass is 868 g/mol. The first-order valence-corrected chi connectivity index (χ1v) is 23.6. The molecule has 0 fully saturated rings. The Kier molecular flexibility index (Phi) is 8.33. The van der Waals surface area contributed by atoms with Crippen LogP contribution in [0, 0.1) is 0 Å². The molecule has 11 aromatic carbocycles. The van der Waals surface area contributed by atoms with E-state index in [-0.39, 0.29) is 5.41 Å². The SMILES string of the molecule is CC1(C)c2ccccc2-c2c(N(c3ccc(-c4cccc5c4c4ccccc4n5-c4ccccc4)cc3)c3ccc(-c4cc5ccccc5c5ccccc45)c4oc5ccccc5c34)cccc21. The summed E-state index contributed by atoms with van der Waals surface area (Å²) in [5.74, 6) is 0. The predicted molar refractivity (Wildman–Crippen MR) is 286 cm³/mol. The molecule has 3 heteroatoms. The molecule has 0 N–H and O–H groups in total. The minimum Gasteiger partial charge on any atom is -0.455 e. The van der Waals surface area contributed by atoms with Gasteiger partial charge in [0.2, 0.25) is 0 Å². The highest BCUT2D eigenvalue weighted by atomic mass is 16.3. The molecule has 0 atom stereocenters. The Hall–Kier alpha value is -8.66. The highest BCUT2D eigenvalue weighted by Crippen LogP contribution is 2.56. The number of rotatable bonds is 6. The molecule has 3 nitrogen and oxygen atoms in total. The van der Waals surface area contributed by atoms with Crippen LogP contribution in [0.2, 0.25) is 0 Å². The number of fused-ring (bicyclic) bond motifs is 12. The van der Waals surface area contributed by atoms with Crippen LogP contribution in [0.1, 0.15) is 25.0 Å². The number of benzene rings is 11. The largest absolute Gasteiger partial charge is 0.455 e. The molecule has 0 aliphatic heterocycles. The van der Waals surface area contributed by atoms with Crippen molar-refractivity contribution in [3.8, 4) is 39.1 Å². The average Bonchev–Trinajstić information content (AvgIpc) is 4.03. The molecule has 14 rings (SSSR count). The summed E-state index contributed by atoms with van der Waals surface area (Å²) in [7, 11) is 0. The molecule has 0 amide bonds. The lowest BCUT2D eigenvalue weighted by molar-refractivity contribution is 0.660. The van der Waals surface area contributed by atoms with Gasteiger partial charge in [0.05, 0.1) is 27.8 Å². The summed E-state index contributed by atoms with van der Waals surface area (Å²) < 4.78 is 9.50. The van der Waals surface area contributed by atoms with Gasteiger partial charge in [-0.3, -0.25) is 0 Å². The maximum atomic E-state index is 7.10. The molecular formula is C65H44N2O. The van der Waals surface area contributed by atoms with E-state index in [2.05, 4.69) is 254 Å². The van der Waals surface area contributed by atoms with E-state index in [4.69, 9.17) is 4.42 Å². The Morgan fingerprint density at radius 1 is 0.412 bits per heavy atom. The number of furan rings is 1. The first-order chi connectivity index (χ1) is 33.5. The van der Waals surface area contributed by atoms with Gasteiger partial charge in [-0.05, 0) is 122 Å². The quantitative estimate of drug-likeness (QED) is 0.155. The van der Waals surface area contributed by atoms with Gasteiger partial charge in [-0.25, -0.2) is 0 Å². The lowest BCUT2D eigenvalue weighted by Gasteiger charge is -2.30. The van der Waals surface area contributed by atoms with Gasteiger partial charge in [0, 0.05) is 44.1 Å². The van der Waals surface area contributed by atoms with Crippen molar-refractivity contribution in [2.75, 3.05) is 4.90 Å². The molecule has 68 heavy (non-hydrogen) atoms. The van der Waals surface area contributed by atoms with E-state index < -0.39 is 0 Å². The second-order valence-corrected chi connectivity index (χ2v) is 18.8. The van der Waals surface area contributed by atoms with Crippen LogP contribution >= 0.6 is 0 Å². The Morgan fingerprint density at radius 3 is 1.91 bits per heavy atom. The van der Waals surface area contributed by atoms with Crippen LogP contribution in [0.25, 0.3) is 104 Å². The van der Waals surface area contributed by atoms with Gasteiger partial charge in [0.1, 0.15) is 11.2 Å². The van der Waals surface area contributed by atoms with E-state index in [9.17, 15) is 0 Å². The van der Waals surface area contributed by atoms with Crippen molar-refractivity contribution in [2.24, 2.45) is 0 Å². The summed E-state index contributed by atoms with van der Waals surface area (Å²) in [6, 6.07) is 84.3. The van der Waals surface area contributed by atoms with Gasteiger partial charge in [-0.2, -0.15) is 0 Å². The fourth-order valence-electron chi connectivity index (χ4n) is 11.7.